The molecule has 0 amide bonds. The lowest BCUT2D eigenvalue weighted by molar-refractivity contribution is -0.364. The van der Waals surface area contributed by atoms with Crippen molar-refractivity contribution in [3.05, 3.63) is 83.1 Å². The number of carbonyl (C=O) groups excluding carboxylic acids is 1. The molecule has 4 fully saturated rings. The summed E-state index contributed by atoms with van der Waals surface area (Å²) in [6, 6.07) is 11.6. The fourth-order valence-corrected chi connectivity index (χ4v) is 8.79. The average molecular weight is 1080 g/mol. The number of hydrogen-bond donors (Lipinski definition) is 17. The minimum Gasteiger partial charge on any atom is -0.571 e. The van der Waals surface area contributed by atoms with Gasteiger partial charge in [0.05, 0.1) is 31.5 Å². The van der Waals surface area contributed by atoms with Crippen molar-refractivity contribution in [1.82, 2.24) is 0 Å². The van der Waals surface area contributed by atoms with Gasteiger partial charge in [0.25, 0.3) is 11.9 Å². The molecule has 0 aromatic heterocycles. The second-order valence-electron chi connectivity index (χ2n) is 18.3. The van der Waals surface area contributed by atoms with Crippen LogP contribution < -0.4 is 9.47 Å². The van der Waals surface area contributed by atoms with Gasteiger partial charge in [-0.15, -0.1) is 0 Å². The lowest BCUT2D eigenvalue weighted by Gasteiger charge is -2.46. The smallest absolute Gasteiger partial charge is 0.330 e. The highest BCUT2D eigenvalue weighted by molar-refractivity contribution is 5.87. The van der Waals surface area contributed by atoms with E-state index in [-0.39, 0.29) is 34.1 Å². The first kappa shape index (κ1) is 56.6. The van der Waals surface area contributed by atoms with E-state index in [1.165, 1.54) is 48.6 Å². The van der Waals surface area contributed by atoms with Gasteiger partial charge < -0.3 is 134 Å². The standard InChI is InChI=1S/C48H58O28/c49-13-27-32(56)36(60)40(64)45(72-27)68-20-5-1-17(2-6-20)3-8-31(55)67-16-30-35(59)39(63)44(76-47-42(66)38(62)34(58)29(15-51)74-47)48(75-30)71-26-12-21-24(69-43(26)18-4-7-22(53)23(54)9-18)10-19(52)11-25(21)70-46-41(65)37(61)33(57)28(14-50)73-46/h1-12,27-30,32-54,56-66H,13-16H2/p+1/b8-3+/t27-,28+,29-,30+,32-,33-,34-,35-,36+,37+,38+,39-,40+,41+,42-,43?,44-,45-,46-,47+,48-/m1/s1. The van der Waals surface area contributed by atoms with Crippen LogP contribution in [0.15, 0.2) is 66.4 Å². The van der Waals surface area contributed by atoms with Crippen molar-refractivity contribution >= 4 is 18.1 Å². The van der Waals surface area contributed by atoms with Crippen LogP contribution in [0.5, 0.6) is 34.5 Å². The number of aliphatic hydroxyl groups is 15. The van der Waals surface area contributed by atoms with Crippen LogP contribution in [0.25, 0.3) is 12.2 Å². The Bertz CT molecular complexity index is 2500. The van der Waals surface area contributed by atoms with E-state index in [9.17, 15) is 91.6 Å². The largest absolute Gasteiger partial charge is 0.571 e. The van der Waals surface area contributed by atoms with Crippen LogP contribution in [0.1, 0.15) is 22.8 Å². The molecule has 0 saturated carbocycles. The molecular weight excluding hydrogens is 1020 g/mol. The molecule has 5 aliphatic heterocycles. The number of esters is 1. The molecule has 3 aromatic rings. The Hall–Kier alpha value is -5.55. The maximum atomic E-state index is 13.1. The molecule has 5 aliphatic rings. The first-order valence-corrected chi connectivity index (χ1v) is 23.6. The van der Waals surface area contributed by atoms with Crippen molar-refractivity contribution in [2.75, 3.05) is 26.4 Å². The SMILES string of the molecule is O=C(/C=C/c1ccc(O[C@@H]2O[C@H](CO)[C@@H](O)[C@H](O)[C@@H]2O)cc1)OC[C@@H]1O[C@@H](OC2=Cc3c(O[C@@H]4O[C@@H](CO)[C@@H](O)[C@H](O)[C@@H]4O)cc(O)cc3[OH+]C2c2ccc(O)c(O)c2)[C@H](O[C@@H]2O[C@H](CO)[C@@H](O)[C@H](O)[C@H]2O)[C@H](O)[C@@H]1O. The van der Waals surface area contributed by atoms with Gasteiger partial charge in [0.15, 0.2) is 29.7 Å². The molecule has 1 unspecified atom stereocenters. The fraction of sp³-hybridized carbons (Fsp3) is 0.521. The maximum Gasteiger partial charge on any atom is 0.330 e. The molecule has 21 atom stereocenters. The highest BCUT2D eigenvalue weighted by Crippen LogP contribution is 2.48. The Morgan fingerprint density at radius 2 is 1.09 bits per heavy atom. The molecule has 8 rings (SSSR count). The zero-order chi connectivity index (χ0) is 54.9. The van der Waals surface area contributed by atoms with Crippen LogP contribution in [0, 0.1) is 0 Å². The normalized spacial score (nSPS) is 37.6. The number of fused-ring (bicyclic) bond motifs is 1. The summed E-state index contributed by atoms with van der Waals surface area (Å²) in [5.74, 6) is -3.13. The van der Waals surface area contributed by atoms with Crippen molar-refractivity contribution < 1.29 is 139 Å². The predicted molar refractivity (Wildman–Crippen MR) is 246 cm³/mol. The molecule has 28 nitrogen and oxygen atoms in total. The van der Waals surface area contributed by atoms with Crippen molar-refractivity contribution in [2.45, 2.75) is 129 Å². The van der Waals surface area contributed by atoms with Crippen molar-refractivity contribution in [1.29, 1.82) is 0 Å². The molecule has 0 radical (unpaired) electrons. The number of rotatable bonds is 16. The van der Waals surface area contributed by atoms with E-state index in [2.05, 4.69) is 4.74 Å². The number of aliphatic hydroxyl groups excluding tert-OH is 14. The van der Waals surface area contributed by atoms with Gasteiger partial charge in [-0.2, -0.15) is 0 Å². The van der Waals surface area contributed by atoms with Crippen molar-refractivity contribution in [2.24, 2.45) is 0 Å². The van der Waals surface area contributed by atoms with E-state index >= 15 is 0 Å². The lowest BCUT2D eigenvalue weighted by Crippen LogP contribution is -2.64. The molecule has 0 spiro atoms. The van der Waals surface area contributed by atoms with Crippen LogP contribution in [0.3, 0.4) is 0 Å². The van der Waals surface area contributed by atoms with E-state index in [1.807, 2.05) is 0 Å². The van der Waals surface area contributed by atoms with Crippen LogP contribution in [-0.4, -0.2) is 247 Å². The summed E-state index contributed by atoms with van der Waals surface area (Å²) in [6.07, 6.45) is -33.3. The zero-order valence-corrected chi connectivity index (χ0v) is 39.5. The molecule has 18 N–H and O–H groups in total. The number of phenols is 3. The molecule has 28 heteroatoms. The Balaban J connectivity index is 1.06. The summed E-state index contributed by atoms with van der Waals surface area (Å²) >= 11 is 0. The number of ether oxygens (including phenoxy) is 10. The fourth-order valence-electron chi connectivity index (χ4n) is 8.79. The van der Waals surface area contributed by atoms with Crippen molar-refractivity contribution in [3.8, 4) is 34.5 Å². The highest BCUT2D eigenvalue weighted by Gasteiger charge is 2.53. The number of carbonyl (C=O) groups is 1. The quantitative estimate of drug-likeness (QED) is 0.0275. The summed E-state index contributed by atoms with van der Waals surface area (Å²) in [6.45, 7) is -3.16. The Kier molecular flexibility index (Phi) is 17.9. The van der Waals surface area contributed by atoms with Gasteiger partial charge >= 0.3 is 5.97 Å². The Morgan fingerprint density at radius 3 is 1.67 bits per heavy atom. The third-order valence-electron chi connectivity index (χ3n) is 13.2. The van der Waals surface area contributed by atoms with Gasteiger partial charge in [-0.1, -0.05) is 12.1 Å². The van der Waals surface area contributed by atoms with E-state index < -0.39 is 179 Å². The minimum atomic E-state index is -2.11. The number of hydrogen-bond acceptors (Lipinski definition) is 27. The summed E-state index contributed by atoms with van der Waals surface area (Å²) in [4.78, 5) is 13.1. The molecule has 418 valence electrons. The van der Waals surface area contributed by atoms with Crippen LogP contribution in [0.2, 0.25) is 0 Å². The van der Waals surface area contributed by atoms with E-state index in [0.29, 0.717) is 5.56 Å². The second kappa shape index (κ2) is 24.0. The van der Waals surface area contributed by atoms with Gasteiger partial charge in [-0.3, -0.25) is 0 Å². The summed E-state index contributed by atoms with van der Waals surface area (Å²) in [7, 11) is 0. The third-order valence-corrected chi connectivity index (χ3v) is 13.2. The van der Waals surface area contributed by atoms with E-state index in [0.717, 1.165) is 24.3 Å². The number of benzene rings is 3. The first-order chi connectivity index (χ1) is 36.2. The second-order valence-corrected chi connectivity index (χ2v) is 18.3. The van der Waals surface area contributed by atoms with Crippen LogP contribution >= 0.6 is 0 Å². The highest BCUT2D eigenvalue weighted by atomic mass is 16.8. The predicted octanol–water partition coefficient (Wildman–Crippen LogP) is -5.60. The van der Waals surface area contributed by atoms with Crippen LogP contribution in [-0.2, 0) is 38.0 Å². The molecule has 5 heterocycles. The first-order valence-electron chi connectivity index (χ1n) is 23.6. The van der Waals surface area contributed by atoms with E-state index in [4.69, 9.17) is 42.6 Å². The Morgan fingerprint density at radius 1 is 0.553 bits per heavy atom. The average Bonchev–Trinajstić information content (AvgIpc) is 3.42. The van der Waals surface area contributed by atoms with E-state index in [1.54, 1.807) is 0 Å². The van der Waals surface area contributed by atoms with Gasteiger partial charge in [0.1, 0.15) is 121 Å². The molecule has 0 aliphatic carbocycles. The summed E-state index contributed by atoms with van der Waals surface area (Å²) in [5.41, 5.74) is 0.466. The molecular formula is C48H59O28+. The summed E-state index contributed by atoms with van der Waals surface area (Å²) in [5, 5.41) is 178. The van der Waals surface area contributed by atoms with Gasteiger partial charge in [-0.25, -0.2) is 4.79 Å². The number of phenolic OH excluding ortho intramolecular Hbond substituents is 3. The number of aromatic hydroxyl groups is 4. The zero-order valence-electron chi connectivity index (χ0n) is 39.5. The monoisotopic (exact) mass is 1080 g/mol. The lowest BCUT2D eigenvalue weighted by atomic mass is 9.97. The van der Waals surface area contributed by atoms with Gasteiger partial charge in [0.2, 0.25) is 18.9 Å². The molecule has 4 saturated heterocycles. The topological polar surface area (TPSA) is 457 Å². The molecule has 0 bridgehead atoms. The van der Waals surface area contributed by atoms with Gasteiger partial charge in [0, 0.05) is 18.2 Å². The molecule has 76 heavy (non-hydrogen) atoms. The maximum absolute atomic E-state index is 13.1. The minimum absolute atomic E-state index is 0.0416. The van der Waals surface area contributed by atoms with Crippen LogP contribution in [0.4, 0.5) is 0 Å². The van der Waals surface area contributed by atoms with Crippen molar-refractivity contribution in [3.63, 3.8) is 0 Å². The third kappa shape index (κ3) is 11.9. The molecule has 3 aromatic carbocycles. The Labute approximate surface area is 429 Å². The summed E-state index contributed by atoms with van der Waals surface area (Å²) < 4.78 is 56.4. The van der Waals surface area contributed by atoms with Gasteiger partial charge in [-0.05, 0) is 42.0 Å².